The number of amides is 1. The van der Waals surface area contributed by atoms with Crippen LogP contribution in [0.1, 0.15) is 10.4 Å². The highest BCUT2D eigenvalue weighted by molar-refractivity contribution is 7.89. The number of piperazine rings is 1. The molecule has 0 bridgehead atoms. The van der Waals surface area contributed by atoms with E-state index in [1.807, 2.05) is 30.3 Å². The van der Waals surface area contributed by atoms with Crippen molar-refractivity contribution in [2.45, 2.75) is 4.90 Å². The van der Waals surface area contributed by atoms with Crippen LogP contribution in [0.15, 0.2) is 71.6 Å². The van der Waals surface area contributed by atoms with Crippen molar-refractivity contribution in [3.8, 4) is 5.75 Å². The number of benzene rings is 3. The second-order valence-electron chi connectivity index (χ2n) is 7.67. The second kappa shape index (κ2) is 10.2. The first-order valence-corrected chi connectivity index (χ1v) is 12.7. The van der Waals surface area contributed by atoms with Gasteiger partial charge in [-0.15, -0.1) is 0 Å². The Morgan fingerprint density at radius 2 is 1.65 bits per heavy atom. The Hall–Kier alpha value is -2.78. The molecule has 10 heteroatoms. The average Bonchev–Trinajstić information content (AvgIpc) is 2.84. The predicted octanol–water partition coefficient (Wildman–Crippen LogP) is 4.77. The second-order valence-corrected chi connectivity index (χ2v) is 10.4. The van der Waals surface area contributed by atoms with Crippen molar-refractivity contribution < 1.29 is 17.9 Å². The van der Waals surface area contributed by atoms with Crippen LogP contribution in [-0.4, -0.2) is 51.9 Å². The quantitative estimate of drug-likeness (QED) is 0.507. The Morgan fingerprint density at radius 1 is 0.941 bits per heavy atom. The van der Waals surface area contributed by atoms with E-state index < -0.39 is 15.9 Å². The number of methoxy groups -OCH3 is 1. The minimum atomic E-state index is -3.77. The topological polar surface area (TPSA) is 79.0 Å². The summed E-state index contributed by atoms with van der Waals surface area (Å²) in [4.78, 5) is 15.0. The lowest BCUT2D eigenvalue weighted by Crippen LogP contribution is -2.48. The molecule has 3 aromatic carbocycles. The lowest BCUT2D eigenvalue weighted by Gasteiger charge is -2.35. The number of anilines is 2. The summed E-state index contributed by atoms with van der Waals surface area (Å²) in [6.07, 6.45) is 0. The van der Waals surface area contributed by atoms with Gasteiger partial charge < -0.3 is 15.0 Å². The van der Waals surface area contributed by atoms with E-state index >= 15 is 0 Å². The van der Waals surface area contributed by atoms with Crippen molar-refractivity contribution >= 4 is 50.5 Å². The molecule has 1 N–H and O–H groups in total. The number of para-hydroxylation sites is 1. The summed E-state index contributed by atoms with van der Waals surface area (Å²) in [7, 11) is -2.33. The van der Waals surface area contributed by atoms with Gasteiger partial charge in [0, 0.05) is 36.9 Å². The highest BCUT2D eigenvalue weighted by atomic mass is 35.5. The van der Waals surface area contributed by atoms with Crippen LogP contribution < -0.4 is 15.0 Å². The molecule has 0 radical (unpaired) electrons. The molecule has 1 fully saturated rings. The highest BCUT2D eigenvalue weighted by Crippen LogP contribution is 2.31. The van der Waals surface area contributed by atoms with Gasteiger partial charge in [-0.3, -0.25) is 4.79 Å². The van der Waals surface area contributed by atoms with E-state index in [1.54, 1.807) is 6.07 Å². The molecule has 3 aromatic rings. The summed E-state index contributed by atoms with van der Waals surface area (Å²) in [6.45, 7) is 1.87. The maximum absolute atomic E-state index is 13.3. The third kappa shape index (κ3) is 5.15. The van der Waals surface area contributed by atoms with Gasteiger partial charge in [-0.25, -0.2) is 8.42 Å². The van der Waals surface area contributed by atoms with Gasteiger partial charge in [-0.05, 0) is 48.5 Å². The maximum Gasteiger partial charge on any atom is 0.257 e. The molecule has 0 aliphatic carbocycles. The monoisotopic (exact) mass is 519 g/mol. The molecule has 0 aromatic heterocycles. The summed E-state index contributed by atoms with van der Waals surface area (Å²) in [5, 5.41) is 3.29. The number of nitrogens with one attached hydrogen (secondary N) is 1. The molecule has 0 spiro atoms. The molecule has 0 saturated carbocycles. The number of ether oxygens (including phenoxy) is 1. The van der Waals surface area contributed by atoms with Crippen molar-refractivity contribution in [3.63, 3.8) is 0 Å². The van der Waals surface area contributed by atoms with Crippen molar-refractivity contribution in [2.24, 2.45) is 0 Å². The summed E-state index contributed by atoms with van der Waals surface area (Å²) in [5.74, 6) is -0.183. The highest BCUT2D eigenvalue weighted by Gasteiger charge is 2.29. The normalized spacial score (nSPS) is 14.6. The van der Waals surface area contributed by atoms with E-state index in [2.05, 4.69) is 10.2 Å². The van der Waals surface area contributed by atoms with Crippen LogP contribution in [0.2, 0.25) is 10.0 Å². The van der Waals surface area contributed by atoms with E-state index in [0.29, 0.717) is 37.0 Å². The number of sulfonamides is 1. The Labute approximate surface area is 208 Å². The molecule has 1 heterocycles. The van der Waals surface area contributed by atoms with Gasteiger partial charge in [0.1, 0.15) is 5.75 Å². The fraction of sp³-hybridized carbons (Fsp3) is 0.208. The van der Waals surface area contributed by atoms with Crippen LogP contribution in [0.5, 0.6) is 5.75 Å². The van der Waals surface area contributed by atoms with Crippen molar-refractivity contribution in [2.75, 3.05) is 43.5 Å². The Balaban J connectivity index is 1.54. The largest absolute Gasteiger partial charge is 0.495 e. The Morgan fingerprint density at radius 3 is 2.29 bits per heavy atom. The average molecular weight is 520 g/mol. The van der Waals surface area contributed by atoms with Gasteiger partial charge in [0.15, 0.2) is 0 Å². The summed E-state index contributed by atoms with van der Waals surface area (Å²) in [5.41, 5.74) is 1.50. The molecular weight excluding hydrogens is 497 g/mol. The molecule has 0 unspecified atom stereocenters. The fourth-order valence-electron chi connectivity index (χ4n) is 3.78. The first kappa shape index (κ1) is 24.3. The molecule has 34 heavy (non-hydrogen) atoms. The number of carbonyl (C=O) groups is 1. The zero-order chi connectivity index (χ0) is 24.3. The third-order valence-corrected chi connectivity index (χ3v) is 8.04. The lowest BCUT2D eigenvalue weighted by molar-refractivity contribution is 0.102. The van der Waals surface area contributed by atoms with Crippen LogP contribution >= 0.6 is 23.2 Å². The van der Waals surface area contributed by atoms with Crippen LogP contribution in [-0.2, 0) is 10.0 Å². The van der Waals surface area contributed by atoms with E-state index in [4.69, 9.17) is 27.9 Å². The molecule has 4 rings (SSSR count). The Bertz CT molecular complexity index is 1290. The number of carbonyl (C=O) groups excluding carboxylic acids is 1. The SMILES string of the molecule is COc1ccc(S(=O)(=O)N2CCN(c3ccccc3)CC2)cc1NC(=O)c1ccc(Cl)cc1Cl. The number of halogens is 2. The molecule has 1 saturated heterocycles. The molecule has 1 aliphatic rings. The van der Waals surface area contributed by atoms with Crippen LogP contribution in [0.25, 0.3) is 0 Å². The van der Waals surface area contributed by atoms with Gasteiger partial charge in [-0.1, -0.05) is 41.4 Å². The maximum atomic E-state index is 13.3. The summed E-state index contributed by atoms with van der Waals surface area (Å²) < 4.78 is 33.5. The zero-order valence-corrected chi connectivity index (χ0v) is 20.7. The summed E-state index contributed by atoms with van der Waals surface area (Å²) in [6, 6.07) is 18.8. The molecule has 0 atom stereocenters. The first-order chi connectivity index (χ1) is 16.3. The minimum absolute atomic E-state index is 0.0685. The number of hydrogen-bond acceptors (Lipinski definition) is 5. The van der Waals surface area contributed by atoms with Crippen molar-refractivity contribution in [1.29, 1.82) is 0 Å². The van der Waals surface area contributed by atoms with Gasteiger partial charge in [0.05, 0.1) is 28.3 Å². The van der Waals surface area contributed by atoms with E-state index in [9.17, 15) is 13.2 Å². The third-order valence-electron chi connectivity index (χ3n) is 5.59. The van der Waals surface area contributed by atoms with Crippen LogP contribution in [0, 0.1) is 0 Å². The zero-order valence-electron chi connectivity index (χ0n) is 18.4. The lowest BCUT2D eigenvalue weighted by atomic mass is 10.2. The fourth-order valence-corrected chi connectivity index (χ4v) is 5.73. The van der Waals surface area contributed by atoms with E-state index in [0.717, 1.165) is 5.69 Å². The van der Waals surface area contributed by atoms with Crippen molar-refractivity contribution in [1.82, 2.24) is 4.31 Å². The molecule has 1 aliphatic heterocycles. The van der Waals surface area contributed by atoms with Gasteiger partial charge >= 0.3 is 0 Å². The van der Waals surface area contributed by atoms with E-state index in [1.165, 1.54) is 41.7 Å². The van der Waals surface area contributed by atoms with E-state index in [-0.39, 0.29) is 21.2 Å². The van der Waals surface area contributed by atoms with Gasteiger partial charge in [-0.2, -0.15) is 4.31 Å². The molecule has 178 valence electrons. The number of rotatable bonds is 6. The predicted molar refractivity (Wildman–Crippen MR) is 135 cm³/mol. The summed E-state index contributed by atoms with van der Waals surface area (Å²) >= 11 is 12.1. The van der Waals surface area contributed by atoms with Gasteiger partial charge in [0.25, 0.3) is 5.91 Å². The number of hydrogen-bond donors (Lipinski definition) is 1. The molecule has 1 amide bonds. The molecular formula is C24H23Cl2N3O4S. The first-order valence-electron chi connectivity index (χ1n) is 10.5. The molecule has 7 nitrogen and oxygen atoms in total. The van der Waals surface area contributed by atoms with Gasteiger partial charge in [0.2, 0.25) is 10.0 Å². The van der Waals surface area contributed by atoms with Crippen LogP contribution in [0.4, 0.5) is 11.4 Å². The Kier molecular flexibility index (Phi) is 7.33. The smallest absolute Gasteiger partial charge is 0.257 e. The number of nitrogens with zero attached hydrogens (tertiary/aromatic N) is 2. The van der Waals surface area contributed by atoms with Crippen LogP contribution in [0.3, 0.4) is 0 Å². The standard InChI is InChI=1S/C24H23Cl2N3O4S/c1-33-23-10-8-19(16-22(23)27-24(30)20-9-7-17(25)15-21(20)26)34(31,32)29-13-11-28(12-14-29)18-5-3-2-4-6-18/h2-10,15-16H,11-14H2,1H3,(H,27,30). The van der Waals surface area contributed by atoms with Crippen molar-refractivity contribution in [3.05, 3.63) is 82.3 Å². The minimum Gasteiger partial charge on any atom is -0.495 e.